The highest BCUT2D eigenvalue weighted by Gasteiger charge is 2.25. The van der Waals surface area contributed by atoms with Crippen LogP contribution in [0.15, 0.2) is 76.6 Å². The van der Waals surface area contributed by atoms with Crippen molar-refractivity contribution in [1.82, 2.24) is 5.32 Å². The molecule has 8 nitrogen and oxygen atoms in total. The van der Waals surface area contributed by atoms with Crippen molar-refractivity contribution in [3.8, 4) is 11.5 Å². The number of ether oxygens (including phenoxy) is 2. The summed E-state index contributed by atoms with van der Waals surface area (Å²) in [5, 5.41) is 14.4. The highest BCUT2D eigenvalue weighted by Crippen LogP contribution is 2.35. The molecule has 0 aromatic heterocycles. The van der Waals surface area contributed by atoms with Gasteiger partial charge in [-0.25, -0.2) is 4.99 Å². The maximum atomic E-state index is 12.4. The van der Waals surface area contributed by atoms with Crippen LogP contribution in [-0.4, -0.2) is 23.1 Å². The summed E-state index contributed by atoms with van der Waals surface area (Å²) in [5.74, 6) is 0.748. The minimum atomic E-state index is -0.572. The van der Waals surface area contributed by atoms with Crippen molar-refractivity contribution in [2.24, 2.45) is 4.99 Å². The van der Waals surface area contributed by atoms with Gasteiger partial charge in [-0.15, -0.1) is 0 Å². The van der Waals surface area contributed by atoms with Crippen molar-refractivity contribution in [3.63, 3.8) is 0 Å². The predicted molar refractivity (Wildman–Crippen MR) is 133 cm³/mol. The lowest BCUT2D eigenvalue weighted by molar-refractivity contribution is -0.384. The molecule has 1 fully saturated rings. The average molecular weight is 496 g/mol. The van der Waals surface area contributed by atoms with Crippen molar-refractivity contribution in [3.05, 3.63) is 97.9 Å². The quantitative estimate of drug-likeness (QED) is 0.255. The Labute approximate surface area is 204 Å². The van der Waals surface area contributed by atoms with Crippen molar-refractivity contribution in [1.29, 1.82) is 0 Å². The monoisotopic (exact) mass is 495 g/mol. The largest absolute Gasteiger partial charge is 0.493 e. The zero-order chi connectivity index (χ0) is 24.1. The highest BCUT2D eigenvalue weighted by molar-refractivity contribution is 8.18. The van der Waals surface area contributed by atoms with E-state index in [0.29, 0.717) is 23.0 Å². The number of thioether (sulfide) groups is 1. The number of hydrogen-bond acceptors (Lipinski definition) is 7. The fourth-order valence-corrected chi connectivity index (χ4v) is 4.11. The van der Waals surface area contributed by atoms with Crippen molar-refractivity contribution in [2.75, 3.05) is 7.11 Å². The first-order valence-corrected chi connectivity index (χ1v) is 11.2. The summed E-state index contributed by atoms with van der Waals surface area (Å²) in [5.41, 5.74) is 1.60. The number of nitro groups is 1. The first-order valence-electron chi connectivity index (χ1n) is 10.0. The van der Waals surface area contributed by atoms with Crippen molar-refractivity contribution < 1.29 is 19.2 Å². The Morgan fingerprint density at radius 3 is 2.65 bits per heavy atom. The summed E-state index contributed by atoms with van der Waals surface area (Å²) in [6.45, 7) is 0.395. The minimum Gasteiger partial charge on any atom is -0.493 e. The van der Waals surface area contributed by atoms with E-state index in [1.54, 1.807) is 25.3 Å². The molecule has 3 aromatic carbocycles. The number of amides is 1. The molecule has 1 aliphatic rings. The predicted octanol–water partition coefficient (Wildman–Crippen LogP) is 5.73. The number of methoxy groups -OCH3 is 1. The third-order valence-electron chi connectivity index (χ3n) is 4.73. The van der Waals surface area contributed by atoms with Gasteiger partial charge in [-0.2, -0.15) is 0 Å². The second kappa shape index (κ2) is 10.4. The molecule has 34 heavy (non-hydrogen) atoms. The summed E-state index contributed by atoms with van der Waals surface area (Å²) >= 11 is 6.93. The summed E-state index contributed by atoms with van der Waals surface area (Å²) in [7, 11) is 1.54. The first kappa shape index (κ1) is 23.3. The van der Waals surface area contributed by atoms with Crippen LogP contribution in [0.4, 0.5) is 11.4 Å². The van der Waals surface area contributed by atoms with Crippen LogP contribution in [0.25, 0.3) is 6.08 Å². The van der Waals surface area contributed by atoms with E-state index in [-0.39, 0.29) is 27.5 Å². The number of amidine groups is 1. The summed E-state index contributed by atoms with van der Waals surface area (Å²) in [4.78, 5) is 27.8. The van der Waals surface area contributed by atoms with Gasteiger partial charge in [0.15, 0.2) is 16.7 Å². The standard InChI is InChI=1S/C24H18ClN3O5S/c1-32-21-11-16(7-10-20(21)33-14-15-5-3-2-4-6-15)12-22-23(29)27-24(34-22)26-18-9-8-17(25)13-19(18)28(30)31/h2-13H,14H2,1H3,(H,26,27,29)/b22-12+. The molecule has 172 valence electrons. The number of aliphatic imine (C=N–C) groups is 1. The molecule has 3 aromatic rings. The molecule has 0 atom stereocenters. The maximum Gasteiger partial charge on any atom is 0.296 e. The van der Waals surface area contributed by atoms with Gasteiger partial charge in [0.1, 0.15) is 12.3 Å². The Kier molecular flexibility index (Phi) is 7.15. The molecule has 0 aliphatic carbocycles. The van der Waals surface area contributed by atoms with Gasteiger partial charge in [-0.1, -0.05) is 48.0 Å². The van der Waals surface area contributed by atoms with Crippen molar-refractivity contribution in [2.45, 2.75) is 6.61 Å². The van der Waals surface area contributed by atoms with E-state index in [1.807, 2.05) is 36.4 Å². The van der Waals surface area contributed by atoms with Gasteiger partial charge in [0, 0.05) is 11.1 Å². The molecular weight excluding hydrogens is 478 g/mol. The molecule has 1 amide bonds. The topological polar surface area (TPSA) is 103 Å². The normalized spacial score (nSPS) is 15.4. The van der Waals surface area contributed by atoms with E-state index in [1.165, 1.54) is 18.2 Å². The lowest BCUT2D eigenvalue weighted by atomic mass is 10.2. The van der Waals surface area contributed by atoms with Gasteiger partial charge in [0.2, 0.25) is 0 Å². The fraction of sp³-hybridized carbons (Fsp3) is 0.0833. The number of benzene rings is 3. The molecular formula is C24H18ClN3O5S. The van der Waals surface area contributed by atoms with Crippen LogP contribution in [0, 0.1) is 10.1 Å². The van der Waals surface area contributed by atoms with E-state index in [9.17, 15) is 14.9 Å². The molecule has 1 heterocycles. The second-order valence-electron chi connectivity index (χ2n) is 7.06. The number of nitro benzene ring substituents is 1. The van der Waals surface area contributed by atoms with E-state index in [0.717, 1.165) is 22.9 Å². The highest BCUT2D eigenvalue weighted by atomic mass is 35.5. The molecule has 0 bridgehead atoms. The van der Waals surface area contributed by atoms with E-state index < -0.39 is 4.92 Å². The molecule has 10 heteroatoms. The van der Waals surface area contributed by atoms with Gasteiger partial charge in [0.05, 0.1) is 16.9 Å². The second-order valence-corrected chi connectivity index (χ2v) is 8.52. The number of nitrogens with zero attached hydrogens (tertiary/aromatic N) is 2. The smallest absolute Gasteiger partial charge is 0.296 e. The number of hydrogen-bond donors (Lipinski definition) is 1. The number of rotatable bonds is 7. The third-order valence-corrected chi connectivity index (χ3v) is 5.87. The molecule has 4 rings (SSSR count). The molecule has 0 unspecified atom stereocenters. The fourth-order valence-electron chi connectivity index (χ4n) is 3.11. The van der Waals surface area contributed by atoms with Gasteiger partial charge in [-0.3, -0.25) is 14.9 Å². The SMILES string of the molecule is COc1cc(/C=C2/SC(=Nc3ccc(Cl)cc3[N+](=O)[O-])NC2=O)ccc1OCc1ccccc1. The van der Waals surface area contributed by atoms with Gasteiger partial charge in [-0.05, 0) is 53.2 Å². The van der Waals surface area contributed by atoms with Crippen LogP contribution in [0.5, 0.6) is 11.5 Å². The van der Waals surface area contributed by atoms with Crippen LogP contribution in [0.2, 0.25) is 5.02 Å². The maximum absolute atomic E-state index is 12.4. The Morgan fingerprint density at radius 1 is 1.12 bits per heavy atom. The van der Waals surface area contributed by atoms with Crippen molar-refractivity contribution >= 4 is 51.9 Å². The first-order chi connectivity index (χ1) is 16.4. The van der Waals surface area contributed by atoms with Gasteiger partial charge < -0.3 is 14.8 Å². The number of nitrogens with one attached hydrogen (secondary N) is 1. The Morgan fingerprint density at radius 2 is 1.91 bits per heavy atom. The number of carbonyl (C=O) groups is 1. The molecule has 1 N–H and O–H groups in total. The van der Waals surface area contributed by atoms with E-state index in [4.69, 9.17) is 21.1 Å². The molecule has 1 saturated heterocycles. The summed E-state index contributed by atoms with van der Waals surface area (Å²) in [6, 6.07) is 19.3. The Hall–Kier alpha value is -3.82. The molecule has 0 radical (unpaired) electrons. The van der Waals surface area contributed by atoms with Crippen LogP contribution in [-0.2, 0) is 11.4 Å². The van der Waals surface area contributed by atoms with Crippen LogP contribution in [0.3, 0.4) is 0 Å². The van der Waals surface area contributed by atoms with Gasteiger partial charge >= 0.3 is 0 Å². The number of carbonyl (C=O) groups excluding carboxylic acids is 1. The lowest BCUT2D eigenvalue weighted by Gasteiger charge is -2.11. The molecule has 0 saturated carbocycles. The Bertz CT molecular complexity index is 1310. The number of halogens is 1. The zero-order valence-corrected chi connectivity index (χ0v) is 19.4. The Balaban J connectivity index is 1.52. The van der Waals surface area contributed by atoms with Crippen LogP contribution in [0.1, 0.15) is 11.1 Å². The molecule has 0 spiro atoms. The van der Waals surface area contributed by atoms with Crippen LogP contribution < -0.4 is 14.8 Å². The lowest BCUT2D eigenvalue weighted by Crippen LogP contribution is -2.19. The van der Waals surface area contributed by atoms with E-state index in [2.05, 4.69) is 10.3 Å². The zero-order valence-electron chi connectivity index (χ0n) is 17.9. The average Bonchev–Trinajstić information content (AvgIpc) is 3.18. The third kappa shape index (κ3) is 5.56. The van der Waals surface area contributed by atoms with Gasteiger partial charge in [0.25, 0.3) is 11.6 Å². The molecule has 1 aliphatic heterocycles. The minimum absolute atomic E-state index is 0.0973. The van der Waals surface area contributed by atoms with Crippen LogP contribution >= 0.6 is 23.4 Å². The summed E-state index contributed by atoms with van der Waals surface area (Å²) in [6.07, 6.45) is 1.68. The summed E-state index contributed by atoms with van der Waals surface area (Å²) < 4.78 is 11.3. The van der Waals surface area contributed by atoms with E-state index >= 15 is 0 Å².